The third kappa shape index (κ3) is 5.15. The Hall–Kier alpha value is -1.72. The first kappa shape index (κ1) is 17.7. The van der Waals surface area contributed by atoms with Crippen LogP contribution in [0.2, 0.25) is 0 Å². The molecule has 0 aliphatic carbocycles. The van der Waals surface area contributed by atoms with Crippen molar-refractivity contribution < 1.29 is 18.9 Å². The van der Waals surface area contributed by atoms with Gasteiger partial charge in [-0.15, -0.1) is 0 Å². The average Bonchev–Trinajstić information content (AvgIpc) is 3.58. The van der Waals surface area contributed by atoms with E-state index in [0.717, 1.165) is 13.2 Å². The zero-order chi connectivity index (χ0) is 17.8. The molecular formula is C22H26O4. The standard InChI is InChI=1S/C22H26O4/c1-16(19-6-2-17(3-7-19)10-23-12-21-14-25-21)20-8-4-18(5-9-20)11-24-13-22-15-26-22/h2-9,16,21-22H,10-15H2,1H3. The highest BCUT2D eigenvalue weighted by atomic mass is 16.6. The maximum Gasteiger partial charge on any atom is 0.104 e. The lowest BCUT2D eigenvalue weighted by Crippen LogP contribution is -2.02. The van der Waals surface area contributed by atoms with Crippen LogP contribution in [0.4, 0.5) is 0 Å². The fourth-order valence-corrected chi connectivity index (χ4v) is 2.94. The van der Waals surface area contributed by atoms with Crippen molar-refractivity contribution in [3.05, 3.63) is 70.8 Å². The van der Waals surface area contributed by atoms with Crippen LogP contribution in [0, 0.1) is 0 Å². The van der Waals surface area contributed by atoms with Crippen LogP contribution in [0.3, 0.4) is 0 Å². The molecule has 4 rings (SSSR count). The van der Waals surface area contributed by atoms with Gasteiger partial charge >= 0.3 is 0 Å². The molecule has 4 nitrogen and oxygen atoms in total. The molecule has 26 heavy (non-hydrogen) atoms. The molecule has 2 atom stereocenters. The molecule has 0 amide bonds. The van der Waals surface area contributed by atoms with Crippen molar-refractivity contribution in [3.8, 4) is 0 Å². The Bertz CT molecular complexity index is 626. The number of benzene rings is 2. The number of hydrogen-bond donors (Lipinski definition) is 0. The second kappa shape index (κ2) is 8.31. The second-order valence-electron chi connectivity index (χ2n) is 7.15. The van der Waals surface area contributed by atoms with E-state index in [1.807, 2.05) is 0 Å². The summed E-state index contributed by atoms with van der Waals surface area (Å²) in [4.78, 5) is 0. The molecule has 0 bridgehead atoms. The monoisotopic (exact) mass is 354 g/mol. The number of hydrogen-bond acceptors (Lipinski definition) is 4. The molecule has 0 saturated carbocycles. The minimum Gasteiger partial charge on any atom is -0.374 e. The van der Waals surface area contributed by atoms with Crippen LogP contribution < -0.4 is 0 Å². The molecule has 2 aromatic rings. The van der Waals surface area contributed by atoms with Crippen LogP contribution in [0.25, 0.3) is 0 Å². The molecule has 2 fully saturated rings. The van der Waals surface area contributed by atoms with Crippen molar-refractivity contribution in [2.75, 3.05) is 26.4 Å². The molecule has 2 heterocycles. The SMILES string of the molecule is CC(c1ccc(COCC2CO2)cc1)c1ccc(COCC2CO2)cc1. The maximum atomic E-state index is 5.65. The third-order valence-electron chi connectivity index (χ3n) is 4.91. The topological polar surface area (TPSA) is 43.5 Å². The van der Waals surface area contributed by atoms with Crippen molar-refractivity contribution >= 4 is 0 Å². The van der Waals surface area contributed by atoms with E-state index in [4.69, 9.17) is 18.9 Å². The molecule has 138 valence electrons. The Labute approximate surface area is 155 Å². The van der Waals surface area contributed by atoms with E-state index >= 15 is 0 Å². The Kier molecular flexibility index (Phi) is 5.65. The molecule has 2 aromatic carbocycles. The summed E-state index contributed by atoms with van der Waals surface area (Å²) in [5.74, 6) is 0.361. The first-order valence-corrected chi connectivity index (χ1v) is 9.34. The zero-order valence-electron chi connectivity index (χ0n) is 15.2. The van der Waals surface area contributed by atoms with Crippen LogP contribution in [0.5, 0.6) is 0 Å². The quantitative estimate of drug-likeness (QED) is 0.611. The van der Waals surface area contributed by atoms with Gasteiger partial charge in [0, 0.05) is 5.92 Å². The summed E-state index contributed by atoms with van der Waals surface area (Å²) in [5.41, 5.74) is 5.03. The van der Waals surface area contributed by atoms with Gasteiger partial charge in [0.15, 0.2) is 0 Å². The average molecular weight is 354 g/mol. The van der Waals surface area contributed by atoms with Crippen molar-refractivity contribution in [3.63, 3.8) is 0 Å². The van der Waals surface area contributed by atoms with Crippen molar-refractivity contribution in [2.45, 2.75) is 38.3 Å². The van der Waals surface area contributed by atoms with Crippen LogP contribution in [0.1, 0.15) is 35.1 Å². The van der Waals surface area contributed by atoms with Gasteiger partial charge < -0.3 is 18.9 Å². The first-order chi connectivity index (χ1) is 12.8. The van der Waals surface area contributed by atoms with E-state index in [0.29, 0.717) is 44.6 Å². The summed E-state index contributed by atoms with van der Waals surface area (Å²) in [5, 5.41) is 0. The Morgan fingerprint density at radius 3 is 1.50 bits per heavy atom. The van der Waals surface area contributed by atoms with Crippen LogP contribution in [0.15, 0.2) is 48.5 Å². The summed E-state index contributed by atoms with van der Waals surface area (Å²) in [7, 11) is 0. The lowest BCUT2D eigenvalue weighted by molar-refractivity contribution is 0.104. The van der Waals surface area contributed by atoms with Crippen molar-refractivity contribution in [2.24, 2.45) is 0 Å². The fraction of sp³-hybridized carbons (Fsp3) is 0.455. The highest BCUT2D eigenvalue weighted by molar-refractivity contribution is 5.34. The first-order valence-electron chi connectivity index (χ1n) is 9.34. The normalized spacial score (nSPS) is 22.2. The number of ether oxygens (including phenoxy) is 4. The summed E-state index contributed by atoms with van der Waals surface area (Å²) < 4.78 is 21.6. The zero-order valence-corrected chi connectivity index (χ0v) is 15.2. The molecule has 0 N–H and O–H groups in total. The van der Waals surface area contributed by atoms with E-state index in [-0.39, 0.29) is 0 Å². The van der Waals surface area contributed by atoms with E-state index in [1.165, 1.54) is 22.3 Å². The fourth-order valence-electron chi connectivity index (χ4n) is 2.94. The molecule has 0 aromatic heterocycles. The van der Waals surface area contributed by atoms with Gasteiger partial charge in [0.25, 0.3) is 0 Å². The number of rotatable bonds is 10. The van der Waals surface area contributed by atoms with Gasteiger partial charge in [-0.25, -0.2) is 0 Å². The van der Waals surface area contributed by atoms with Gasteiger partial charge in [0.2, 0.25) is 0 Å². The third-order valence-corrected chi connectivity index (χ3v) is 4.91. The van der Waals surface area contributed by atoms with Crippen LogP contribution in [-0.2, 0) is 32.2 Å². The summed E-state index contributed by atoms with van der Waals surface area (Å²) in [6.07, 6.45) is 0.648. The highest BCUT2D eigenvalue weighted by Gasteiger charge is 2.22. The van der Waals surface area contributed by atoms with Gasteiger partial charge in [0.05, 0.1) is 39.6 Å². The van der Waals surface area contributed by atoms with Gasteiger partial charge in [-0.3, -0.25) is 0 Å². The lowest BCUT2D eigenvalue weighted by Gasteiger charge is -2.14. The van der Waals surface area contributed by atoms with Gasteiger partial charge in [-0.2, -0.15) is 0 Å². The van der Waals surface area contributed by atoms with E-state index < -0.39 is 0 Å². The molecule has 2 saturated heterocycles. The van der Waals surface area contributed by atoms with Gasteiger partial charge in [-0.05, 0) is 22.3 Å². The number of epoxide rings is 2. The molecule has 2 aliphatic heterocycles. The van der Waals surface area contributed by atoms with Crippen molar-refractivity contribution in [1.82, 2.24) is 0 Å². The summed E-state index contributed by atoms with van der Waals surface area (Å²) >= 11 is 0. The van der Waals surface area contributed by atoms with E-state index in [2.05, 4.69) is 55.5 Å². The lowest BCUT2D eigenvalue weighted by atomic mass is 9.92. The minimum absolute atomic E-state index is 0.324. The molecule has 2 aliphatic rings. The summed E-state index contributed by atoms with van der Waals surface area (Å²) in [6, 6.07) is 17.4. The largest absolute Gasteiger partial charge is 0.374 e. The Balaban J connectivity index is 1.28. The molecular weight excluding hydrogens is 328 g/mol. The van der Waals surface area contributed by atoms with E-state index in [9.17, 15) is 0 Å². The Morgan fingerprint density at radius 1 is 0.769 bits per heavy atom. The van der Waals surface area contributed by atoms with E-state index in [1.54, 1.807) is 0 Å². The predicted molar refractivity (Wildman–Crippen MR) is 99.2 cm³/mol. The summed E-state index contributed by atoms with van der Waals surface area (Å²) in [6.45, 7) is 6.62. The smallest absolute Gasteiger partial charge is 0.104 e. The van der Waals surface area contributed by atoms with Crippen LogP contribution >= 0.6 is 0 Å². The maximum absolute atomic E-state index is 5.65. The highest BCUT2D eigenvalue weighted by Crippen LogP contribution is 2.25. The molecule has 2 unspecified atom stereocenters. The molecule has 4 heteroatoms. The predicted octanol–water partition coefficient (Wildman–Crippen LogP) is 3.67. The van der Waals surface area contributed by atoms with Gasteiger partial charge in [0.1, 0.15) is 12.2 Å². The van der Waals surface area contributed by atoms with Gasteiger partial charge in [-0.1, -0.05) is 55.5 Å². The Morgan fingerprint density at radius 2 is 1.15 bits per heavy atom. The van der Waals surface area contributed by atoms with Crippen molar-refractivity contribution in [1.29, 1.82) is 0 Å². The molecule has 0 radical (unpaired) electrons. The van der Waals surface area contributed by atoms with Crippen LogP contribution in [-0.4, -0.2) is 38.6 Å². The minimum atomic E-state index is 0.324. The molecule has 0 spiro atoms. The second-order valence-corrected chi connectivity index (χ2v) is 7.15.